The van der Waals surface area contributed by atoms with Crippen molar-refractivity contribution in [3.05, 3.63) is 69.2 Å². The minimum Gasteiger partial charge on any atom is -0.462 e. The van der Waals surface area contributed by atoms with E-state index in [9.17, 15) is 14.4 Å². The highest BCUT2D eigenvalue weighted by Crippen LogP contribution is 2.25. The van der Waals surface area contributed by atoms with E-state index in [1.165, 1.54) is 4.90 Å². The molecule has 7 heteroatoms. The molecule has 2 aromatic rings. The molecule has 1 aliphatic rings. The largest absolute Gasteiger partial charge is 0.462 e. The summed E-state index contributed by atoms with van der Waals surface area (Å²) in [5.41, 5.74) is 0.991. The zero-order chi connectivity index (χ0) is 18.7. The zero-order valence-corrected chi connectivity index (χ0v) is 15.2. The standard InChI is InChI=1S/C19H15Cl2NO4/c20-14-8-5-9-15(21)16(14)19(25)26-11-4-3-10-22-17(23)12-6-1-2-7-13(12)18(22)24/h1-2,5-9H,3-4,10-11H2. The molecule has 5 nitrogen and oxygen atoms in total. The normalized spacial score (nSPS) is 13.1. The predicted molar refractivity (Wildman–Crippen MR) is 97.8 cm³/mol. The van der Waals surface area contributed by atoms with Gasteiger partial charge in [-0.1, -0.05) is 41.4 Å². The molecule has 0 saturated heterocycles. The van der Waals surface area contributed by atoms with Gasteiger partial charge in [0.2, 0.25) is 0 Å². The van der Waals surface area contributed by atoms with E-state index in [1.807, 2.05) is 0 Å². The Morgan fingerprint density at radius 3 is 2.04 bits per heavy atom. The first-order chi connectivity index (χ1) is 12.5. The van der Waals surface area contributed by atoms with Crippen LogP contribution < -0.4 is 0 Å². The SMILES string of the molecule is O=C(OCCCCN1C(=O)c2ccccc2C1=O)c1c(Cl)cccc1Cl. The number of esters is 1. The maximum absolute atomic E-state index is 12.2. The van der Waals surface area contributed by atoms with Gasteiger partial charge < -0.3 is 4.74 Å². The fraction of sp³-hybridized carbons (Fsp3) is 0.211. The zero-order valence-electron chi connectivity index (χ0n) is 13.7. The summed E-state index contributed by atoms with van der Waals surface area (Å²) in [4.78, 5) is 37.7. The Hall–Kier alpha value is -2.37. The van der Waals surface area contributed by atoms with Crippen molar-refractivity contribution in [2.45, 2.75) is 12.8 Å². The Kier molecular flexibility index (Phi) is 5.59. The molecule has 0 spiro atoms. The summed E-state index contributed by atoms with van der Waals surface area (Å²) in [5, 5.41) is 0.460. The number of ether oxygens (including phenoxy) is 1. The summed E-state index contributed by atoms with van der Waals surface area (Å²) in [6.07, 6.45) is 1.02. The molecule has 0 N–H and O–H groups in total. The molecular weight excluding hydrogens is 377 g/mol. The van der Waals surface area contributed by atoms with Crippen molar-refractivity contribution in [2.24, 2.45) is 0 Å². The lowest BCUT2D eigenvalue weighted by Gasteiger charge is -2.13. The summed E-state index contributed by atoms with van der Waals surface area (Å²) in [5.74, 6) is -1.17. The Bertz CT molecular complexity index is 826. The van der Waals surface area contributed by atoms with Gasteiger partial charge in [0.05, 0.1) is 33.3 Å². The molecule has 0 saturated carbocycles. The first kappa shape index (κ1) is 18.4. The fourth-order valence-electron chi connectivity index (χ4n) is 2.74. The molecule has 3 rings (SSSR count). The number of hydrogen-bond acceptors (Lipinski definition) is 4. The number of nitrogens with zero attached hydrogens (tertiary/aromatic N) is 1. The van der Waals surface area contributed by atoms with Gasteiger partial charge in [0.15, 0.2) is 0 Å². The number of unbranched alkanes of at least 4 members (excludes halogenated alkanes) is 1. The summed E-state index contributed by atoms with van der Waals surface area (Å²) < 4.78 is 5.17. The second kappa shape index (κ2) is 7.89. The van der Waals surface area contributed by atoms with Gasteiger partial charge in [0, 0.05) is 6.54 Å². The predicted octanol–water partition coefficient (Wildman–Crippen LogP) is 4.23. The van der Waals surface area contributed by atoms with Gasteiger partial charge in [-0.2, -0.15) is 0 Å². The summed E-state index contributed by atoms with van der Waals surface area (Å²) in [6, 6.07) is 11.5. The van der Waals surface area contributed by atoms with Gasteiger partial charge >= 0.3 is 5.97 Å². The summed E-state index contributed by atoms with van der Waals surface area (Å²) in [7, 11) is 0. The van der Waals surface area contributed by atoms with Crippen LogP contribution in [0.2, 0.25) is 10.0 Å². The van der Waals surface area contributed by atoms with Crippen LogP contribution in [0.4, 0.5) is 0 Å². The van der Waals surface area contributed by atoms with Crippen molar-refractivity contribution >= 4 is 41.0 Å². The first-order valence-corrected chi connectivity index (χ1v) is 8.82. The maximum Gasteiger partial charge on any atom is 0.341 e. The van der Waals surface area contributed by atoms with Crippen LogP contribution in [0.3, 0.4) is 0 Å². The van der Waals surface area contributed by atoms with E-state index in [0.29, 0.717) is 24.0 Å². The van der Waals surface area contributed by atoms with Gasteiger partial charge in [0.25, 0.3) is 11.8 Å². The molecule has 26 heavy (non-hydrogen) atoms. The van der Waals surface area contributed by atoms with Crippen molar-refractivity contribution in [1.29, 1.82) is 0 Å². The van der Waals surface area contributed by atoms with Gasteiger partial charge in [0.1, 0.15) is 0 Å². The molecule has 0 atom stereocenters. The molecule has 1 heterocycles. The number of hydrogen-bond donors (Lipinski definition) is 0. The Morgan fingerprint density at radius 2 is 1.46 bits per heavy atom. The minimum absolute atomic E-state index is 0.135. The highest BCUT2D eigenvalue weighted by Gasteiger charge is 2.34. The van der Waals surface area contributed by atoms with Crippen LogP contribution in [0.25, 0.3) is 0 Å². The Balaban J connectivity index is 1.48. The van der Waals surface area contributed by atoms with E-state index in [-0.39, 0.29) is 40.6 Å². The average Bonchev–Trinajstić information content (AvgIpc) is 2.86. The second-order valence-corrected chi connectivity index (χ2v) is 6.56. The third-order valence-corrected chi connectivity index (χ3v) is 4.68. The van der Waals surface area contributed by atoms with E-state index in [1.54, 1.807) is 42.5 Å². The van der Waals surface area contributed by atoms with E-state index in [2.05, 4.69) is 0 Å². The first-order valence-electron chi connectivity index (χ1n) is 8.07. The lowest BCUT2D eigenvalue weighted by atomic mass is 10.1. The Labute approximate surface area is 160 Å². The van der Waals surface area contributed by atoms with Crippen LogP contribution in [-0.2, 0) is 4.74 Å². The van der Waals surface area contributed by atoms with Crippen molar-refractivity contribution in [3.8, 4) is 0 Å². The lowest BCUT2D eigenvalue weighted by Crippen LogP contribution is -2.30. The smallest absolute Gasteiger partial charge is 0.341 e. The molecule has 0 aliphatic carbocycles. The number of fused-ring (bicyclic) bond motifs is 1. The number of rotatable bonds is 6. The van der Waals surface area contributed by atoms with Crippen LogP contribution in [-0.4, -0.2) is 35.8 Å². The van der Waals surface area contributed by atoms with Crippen molar-refractivity contribution in [2.75, 3.05) is 13.2 Å². The number of carbonyl (C=O) groups is 3. The van der Waals surface area contributed by atoms with Crippen LogP contribution in [0, 0.1) is 0 Å². The molecule has 2 amide bonds. The van der Waals surface area contributed by atoms with E-state index in [4.69, 9.17) is 27.9 Å². The number of benzene rings is 2. The molecule has 0 aromatic heterocycles. The topological polar surface area (TPSA) is 63.7 Å². The fourth-order valence-corrected chi connectivity index (χ4v) is 3.30. The van der Waals surface area contributed by atoms with Gasteiger partial charge in [-0.15, -0.1) is 0 Å². The third kappa shape index (κ3) is 3.59. The molecule has 0 unspecified atom stereocenters. The van der Waals surface area contributed by atoms with Gasteiger partial charge in [-0.3, -0.25) is 14.5 Å². The highest BCUT2D eigenvalue weighted by molar-refractivity contribution is 6.39. The number of amides is 2. The number of imide groups is 1. The number of carbonyl (C=O) groups excluding carboxylic acids is 3. The maximum atomic E-state index is 12.2. The van der Waals surface area contributed by atoms with Crippen molar-refractivity contribution in [3.63, 3.8) is 0 Å². The van der Waals surface area contributed by atoms with Crippen molar-refractivity contribution in [1.82, 2.24) is 4.90 Å². The van der Waals surface area contributed by atoms with Crippen LogP contribution in [0.5, 0.6) is 0 Å². The van der Waals surface area contributed by atoms with Crippen molar-refractivity contribution < 1.29 is 19.1 Å². The highest BCUT2D eigenvalue weighted by atomic mass is 35.5. The summed E-state index contributed by atoms with van der Waals surface area (Å²) >= 11 is 11.9. The van der Waals surface area contributed by atoms with Crippen LogP contribution >= 0.6 is 23.2 Å². The number of halogens is 2. The quantitative estimate of drug-likeness (QED) is 0.419. The second-order valence-electron chi connectivity index (χ2n) is 5.75. The molecular formula is C19H15Cl2NO4. The monoisotopic (exact) mass is 391 g/mol. The molecule has 0 radical (unpaired) electrons. The average molecular weight is 392 g/mol. The van der Waals surface area contributed by atoms with Gasteiger partial charge in [-0.05, 0) is 37.1 Å². The van der Waals surface area contributed by atoms with E-state index in [0.717, 1.165) is 0 Å². The van der Waals surface area contributed by atoms with Crippen LogP contribution in [0.1, 0.15) is 43.9 Å². The molecule has 134 valence electrons. The Morgan fingerprint density at radius 1 is 0.885 bits per heavy atom. The molecule has 2 aromatic carbocycles. The molecule has 1 aliphatic heterocycles. The lowest BCUT2D eigenvalue weighted by molar-refractivity contribution is 0.0486. The third-order valence-electron chi connectivity index (χ3n) is 4.05. The minimum atomic E-state index is -0.596. The van der Waals surface area contributed by atoms with Crippen LogP contribution in [0.15, 0.2) is 42.5 Å². The molecule has 0 bridgehead atoms. The van der Waals surface area contributed by atoms with E-state index < -0.39 is 5.97 Å². The van der Waals surface area contributed by atoms with E-state index >= 15 is 0 Å². The molecule has 0 fully saturated rings. The summed E-state index contributed by atoms with van der Waals surface area (Å²) in [6.45, 7) is 0.417. The van der Waals surface area contributed by atoms with Gasteiger partial charge in [-0.25, -0.2) is 4.79 Å².